The second kappa shape index (κ2) is 5.83. The highest BCUT2D eigenvalue weighted by atomic mass is 79.9. The summed E-state index contributed by atoms with van der Waals surface area (Å²) in [5, 5.41) is 6.11. The lowest BCUT2D eigenvalue weighted by Gasteiger charge is -2.17. The smallest absolute Gasteiger partial charge is 0.163 e. The molecule has 1 atom stereocenters. The number of nitrogens with one attached hydrogen (secondary N) is 1. The number of hydrogen-bond acceptors (Lipinski definition) is 2. The minimum atomic E-state index is -0.825. The Kier molecular flexibility index (Phi) is 4.06. The third-order valence-electron chi connectivity index (χ3n) is 3.47. The zero-order valence-electron chi connectivity index (χ0n) is 11.2. The summed E-state index contributed by atoms with van der Waals surface area (Å²) < 4.78 is 29.7. The molecular weight excluding hydrogens is 356 g/mol. The summed E-state index contributed by atoms with van der Waals surface area (Å²) in [5.41, 5.74) is 1.26. The predicted molar refractivity (Wildman–Crippen MR) is 86.8 cm³/mol. The van der Waals surface area contributed by atoms with E-state index < -0.39 is 11.6 Å². The van der Waals surface area contributed by atoms with Gasteiger partial charge in [-0.2, -0.15) is 0 Å². The first-order chi connectivity index (χ1) is 10.1. The Hall–Kier alpha value is -1.30. The summed E-state index contributed by atoms with van der Waals surface area (Å²) >= 11 is 5.11. The van der Waals surface area contributed by atoms with Gasteiger partial charge in [0.1, 0.15) is 0 Å². The standard InChI is InChI=1S/C16H12BrF2NS/c1-20-15(10-5-3-7-13(18)14(10)19)11-8-21-16-9(11)4-2-6-12(16)17/h2-8,15,20H,1H3. The molecule has 5 heteroatoms. The number of thiophene rings is 1. The molecule has 3 aromatic rings. The van der Waals surface area contributed by atoms with Gasteiger partial charge in [0.2, 0.25) is 0 Å². The Morgan fingerprint density at radius 3 is 2.62 bits per heavy atom. The molecule has 1 heterocycles. The average Bonchev–Trinajstić information content (AvgIpc) is 2.90. The van der Waals surface area contributed by atoms with Crippen molar-refractivity contribution in [2.45, 2.75) is 6.04 Å². The van der Waals surface area contributed by atoms with Crippen molar-refractivity contribution in [1.29, 1.82) is 0 Å². The van der Waals surface area contributed by atoms with Crippen molar-refractivity contribution in [3.05, 3.63) is 69.0 Å². The first-order valence-corrected chi connectivity index (χ1v) is 8.07. The lowest BCUT2D eigenvalue weighted by molar-refractivity contribution is 0.488. The Morgan fingerprint density at radius 2 is 1.86 bits per heavy atom. The second-order valence-corrected chi connectivity index (χ2v) is 6.41. The van der Waals surface area contributed by atoms with Crippen LogP contribution in [-0.2, 0) is 0 Å². The molecule has 2 aromatic carbocycles. The summed E-state index contributed by atoms with van der Waals surface area (Å²) in [5.74, 6) is -1.63. The fourth-order valence-corrected chi connectivity index (χ4v) is 4.14. The molecule has 0 bridgehead atoms. The van der Waals surface area contributed by atoms with Gasteiger partial charge in [-0.05, 0) is 51.4 Å². The van der Waals surface area contributed by atoms with E-state index >= 15 is 0 Å². The highest BCUT2D eigenvalue weighted by Gasteiger charge is 2.21. The molecular formula is C16H12BrF2NS. The maximum atomic E-state index is 14.1. The van der Waals surface area contributed by atoms with E-state index in [4.69, 9.17) is 0 Å². The molecule has 1 N–H and O–H groups in total. The molecule has 0 aliphatic heterocycles. The van der Waals surface area contributed by atoms with Gasteiger partial charge in [-0.3, -0.25) is 0 Å². The van der Waals surface area contributed by atoms with Gasteiger partial charge in [-0.15, -0.1) is 11.3 Å². The summed E-state index contributed by atoms with van der Waals surface area (Å²) in [7, 11) is 1.75. The molecule has 0 spiro atoms. The highest BCUT2D eigenvalue weighted by molar-refractivity contribution is 9.10. The van der Waals surface area contributed by atoms with Crippen molar-refractivity contribution < 1.29 is 8.78 Å². The number of fused-ring (bicyclic) bond motifs is 1. The number of halogens is 3. The van der Waals surface area contributed by atoms with E-state index in [0.29, 0.717) is 5.56 Å². The molecule has 21 heavy (non-hydrogen) atoms. The first kappa shape index (κ1) is 14.6. The van der Waals surface area contributed by atoms with E-state index in [1.54, 1.807) is 24.5 Å². The third kappa shape index (κ3) is 2.50. The van der Waals surface area contributed by atoms with Gasteiger partial charge >= 0.3 is 0 Å². The van der Waals surface area contributed by atoms with Crippen LogP contribution < -0.4 is 5.32 Å². The molecule has 1 nitrogen and oxygen atoms in total. The number of hydrogen-bond donors (Lipinski definition) is 1. The van der Waals surface area contributed by atoms with Crippen LogP contribution in [0, 0.1) is 11.6 Å². The van der Waals surface area contributed by atoms with Crippen molar-refractivity contribution in [2.24, 2.45) is 0 Å². The van der Waals surface area contributed by atoms with E-state index in [-0.39, 0.29) is 6.04 Å². The zero-order valence-corrected chi connectivity index (χ0v) is 13.6. The van der Waals surface area contributed by atoms with Gasteiger partial charge in [0.15, 0.2) is 11.6 Å². The Balaban J connectivity index is 2.19. The molecule has 0 saturated carbocycles. The summed E-state index contributed by atoms with van der Waals surface area (Å²) in [6.07, 6.45) is 0. The van der Waals surface area contributed by atoms with Crippen LogP contribution >= 0.6 is 27.3 Å². The van der Waals surface area contributed by atoms with Crippen LogP contribution in [-0.4, -0.2) is 7.05 Å². The Bertz CT molecular complexity index is 800. The molecule has 0 amide bonds. The van der Waals surface area contributed by atoms with Gasteiger partial charge in [0, 0.05) is 14.7 Å². The van der Waals surface area contributed by atoms with Crippen LogP contribution in [0.2, 0.25) is 0 Å². The van der Waals surface area contributed by atoms with Gasteiger partial charge < -0.3 is 5.32 Å². The van der Waals surface area contributed by atoms with Crippen molar-refractivity contribution in [1.82, 2.24) is 5.32 Å². The topological polar surface area (TPSA) is 12.0 Å². The van der Waals surface area contributed by atoms with Gasteiger partial charge in [0.25, 0.3) is 0 Å². The molecule has 1 aromatic heterocycles. The van der Waals surface area contributed by atoms with Crippen molar-refractivity contribution in [3.8, 4) is 0 Å². The molecule has 3 rings (SSSR count). The van der Waals surface area contributed by atoms with Gasteiger partial charge in [-0.25, -0.2) is 8.78 Å². The SMILES string of the molecule is CNC(c1cccc(F)c1F)c1csc2c(Br)cccc12. The molecule has 108 valence electrons. The lowest BCUT2D eigenvalue weighted by atomic mass is 9.97. The minimum absolute atomic E-state index is 0.317. The fraction of sp³-hybridized carbons (Fsp3) is 0.125. The van der Waals surface area contributed by atoms with Crippen LogP contribution in [0.4, 0.5) is 8.78 Å². The lowest BCUT2D eigenvalue weighted by Crippen LogP contribution is -2.19. The normalized spacial score (nSPS) is 12.8. The maximum absolute atomic E-state index is 14.1. The highest BCUT2D eigenvalue weighted by Crippen LogP contribution is 2.37. The van der Waals surface area contributed by atoms with Crippen LogP contribution in [0.5, 0.6) is 0 Å². The molecule has 1 unspecified atom stereocenters. The summed E-state index contributed by atoms with van der Waals surface area (Å²) in [6, 6.07) is 9.80. The number of benzene rings is 2. The van der Waals surface area contributed by atoms with Crippen LogP contribution in [0.3, 0.4) is 0 Å². The van der Waals surface area contributed by atoms with E-state index in [2.05, 4.69) is 21.2 Å². The van der Waals surface area contributed by atoms with Gasteiger partial charge in [-0.1, -0.05) is 24.3 Å². The average molecular weight is 368 g/mol. The molecule has 0 aliphatic carbocycles. The molecule has 0 saturated heterocycles. The first-order valence-electron chi connectivity index (χ1n) is 6.40. The molecule has 0 aliphatic rings. The largest absolute Gasteiger partial charge is 0.309 e. The van der Waals surface area contributed by atoms with E-state index in [9.17, 15) is 8.78 Å². The molecule has 0 fully saturated rings. The van der Waals surface area contributed by atoms with E-state index in [0.717, 1.165) is 26.2 Å². The van der Waals surface area contributed by atoms with Crippen LogP contribution in [0.25, 0.3) is 10.1 Å². The maximum Gasteiger partial charge on any atom is 0.163 e. The fourth-order valence-electron chi connectivity index (χ4n) is 2.49. The minimum Gasteiger partial charge on any atom is -0.309 e. The Labute approximate surface area is 133 Å². The van der Waals surface area contributed by atoms with Crippen LogP contribution in [0.1, 0.15) is 17.2 Å². The number of rotatable bonds is 3. The van der Waals surface area contributed by atoms with Crippen molar-refractivity contribution in [2.75, 3.05) is 7.05 Å². The second-order valence-electron chi connectivity index (χ2n) is 4.67. The molecule has 0 radical (unpaired) electrons. The van der Waals surface area contributed by atoms with E-state index in [1.807, 2.05) is 23.6 Å². The summed E-state index contributed by atoms with van der Waals surface area (Å²) in [6.45, 7) is 0. The van der Waals surface area contributed by atoms with Crippen LogP contribution in [0.15, 0.2) is 46.3 Å². The third-order valence-corrected chi connectivity index (χ3v) is 5.44. The predicted octanol–water partition coefficient (Wildman–Crippen LogP) is 5.25. The quantitative estimate of drug-likeness (QED) is 0.666. The monoisotopic (exact) mass is 367 g/mol. The van der Waals surface area contributed by atoms with Gasteiger partial charge in [0.05, 0.1) is 6.04 Å². The summed E-state index contributed by atoms with van der Waals surface area (Å²) in [4.78, 5) is 0. The van der Waals surface area contributed by atoms with E-state index in [1.165, 1.54) is 6.07 Å². The Morgan fingerprint density at radius 1 is 1.10 bits per heavy atom. The zero-order chi connectivity index (χ0) is 15.0. The van der Waals surface area contributed by atoms with Crippen molar-refractivity contribution >= 4 is 37.4 Å². The van der Waals surface area contributed by atoms with Crippen molar-refractivity contribution in [3.63, 3.8) is 0 Å².